The number of anilines is 1. The maximum absolute atomic E-state index is 14.6. The smallest absolute Gasteiger partial charge is 0.152 e. The molecule has 0 fully saturated rings. The third-order valence-corrected chi connectivity index (χ3v) is 6.02. The van der Waals surface area contributed by atoms with Crippen LogP contribution in [0.5, 0.6) is 11.5 Å². The van der Waals surface area contributed by atoms with Gasteiger partial charge in [-0.15, -0.1) is 10.2 Å². The van der Waals surface area contributed by atoms with Gasteiger partial charge in [0, 0.05) is 23.9 Å². The molecule has 0 saturated carbocycles. The molecule has 0 bridgehead atoms. The number of nitriles is 1. The predicted molar refractivity (Wildman–Crippen MR) is 139 cm³/mol. The number of rotatable bonds is 9. The fourth-order valence-electron chi connectivity index (χ4n) is 4.03. The van der Waals surface area contributed by atoms with Crippen molar-refractivity contribution < 1.29 is 13.5 Å². The largest absolute Gasteiger partial charge is 0.457 e. The molecule has 0 aliphatic heterocycles. The fraction of sp³-hybridized carbons (Fsp3) is 0.100. The zero-order valence-corrected chi connectivity index (χ0v) is 20.3. The van der Waals surface area contributed by atoms with Crippen LogP contribution >= 0.6 is 0 Å². The van der Waals surface area contributed by atoms with E-state index in [4.69, 9.17) is 10.00 Å². The van der Waals surface area contributed by atoms with Gasteiger partial charge in [-0.25, -0.2) is 8.78 Å². The SMILES string of the molecule is N#Cc1ccc(Cn2cnnc2CN(Cc2ccc(F)cc2F)c2ccc(Oc3ccccc3)cc2)cc1. The van der Waals surface area contributed by atoms with Gasteiger partial charge in [0.2, 0.25) is 0 Å². The zero-order chi connectivity index (χ0) is 26.3. The Balaban J connectivity index is 1.40. The molecule has 0 aliphatic rings. The van der Waals surface area contributed by atoms with Crippen LogP contribution in [0.15, 0.2) is 103 Å². The molecule has 1 heterocycles. The van der Waals surface area contributed by atoms with Gasteiger partial charge in [-0.1, -0.05) is 36.4 Å². The second-order valence-electron chi connectivity index (χ2n) is 8.68. The molecule has 5 aromatic rings. The summed E-state index contributed by atoms with van der Waals surface area (Å²) < 4.78 is 35.9. The molecule has 0 atom stereocenters. The molecule has 8 heteroatoms. The minimum absolute atomic E-state index is 0.189. The van der Waals surface area contributed by atoms with Crippen LogP contribution in [0.4, 0.5) is 14.5 Å². The summed E-state index contributed by atoms with van der Waals surface area (Å²) in [6, 6.07) is 29.9. The second-order valence-corrected chi connectivity index (χ2v) is 8.68. The minimum Gasteiger partial charge on any atom is -0.457 e. The van der Waals surface area contributed by atoms with Crippen molar-refractivity contribution in [1.29, 1.82) is 5.26 Å². The second kappa shape index (κ2) is 11.4. The Hall–Kier alpha value is -5.03. The van der Waals surface area contributed by atoms with E-state index in [1.165, 1.54) is 12.1 Å². The molecule has 0 N–H and O–H groups in total. The lowest BCUT2D eigenvalue weighted by Crippen LogP contribution is -2.25. The summed E-state index contributed by atoms with van der Waals surface area (Å²) in [7, 11) is 0. The minimum atomic E-state index is -0.623. The van der Waals surface area contributed by atoms with E-state index in [9.17, 15) is 8.78 Å². The first-order valence-corrected chi connectivity index (χ1v) is 11.9. The number of ether oxygens (including phenoxy) is 1. The van der Waals surface area contributed by atoms with Crippen LogP contribution in [0.3, 0.4) is 0 Å². The first kappa shape index (κ1) is 24.7. The Kier molecular flexibility index (Phi) is 7.37. The van der Waals surface area contributed by atoms with E-state index in [0.717, 1.165) is 23.1 Å². The average Bonchev–Trinajstić information content (AvgIpc) is 3.37. The van der Waals surface area contributed by atoms with E-state index in [1.807, 2.05) is 76.2 Å². The Morgan fingerprint density at radius 1 is 0.842 bits per heavy atom. The van der Waals surface area contributed by atoms with Crippen LogP contribution in [-0.4, -0.2) is 14.8 Å². The van der Waals surface area contributed by atoms with Crippen LogP contribution in [0, 0.1) is 23.0 Å². The number of hydrogen-bond acceptors (Lipinski definition) is 5. The summed E-state index contributed by atoms with van der Waals surface area (Å²) in [5, 5.41) is 17.4. The maximum atomic E-state index is 14.6. The van der Waals surface area contributed by atoms with Crippen molar-refractivity contribution in [3.63, 3.8) is 0 Å². The Labute approximate surface area is 219 Å². The summed E-state index contributed by atoms with van der Waals surface area (Å²) in [5.74, 6) is 0.820. The maximum Gasteiger partial charge on any atom is 0.152 e. The van der Waals surface area contributed by atoms with E-state index in [0.29, 0.717) is 35.8 Å². The van der Waals surface area contributed by atoms with Gasteiger partial charge in [0.15, 0.2) is 5.82 Å². The molecule has 0 unspecified atom stereocenters. The number of aromatic nitrogens is 3. The van der Waals surface area contributed by atoms with Gasteiger partial charge in [-0.3, -0.25) is 0 Å². The normalized spacial score (nSPS) is 10.7. The first-order valence-electron chi connectivity index (χ1n) is 11.9. The van der Waals surface area contributed by atoms with Crippen molar-refractivity contribution in [3.8, 4) is 17.6 Å². The van der Waals surface area contributed by atoms with Crippen LogP contribution in [-0.2, 0) is 19.6 Å². The number of halogens is 2. The molecule has 0 radical (unpaired) electrons. The van der Waals surface area contributed by atoms with E-state index < -0.39 is 11.6 Å². The monoisotopic (exact) mass is 507 g/mol. The molecular weight excluding hydrogens is 484 g/mol. The van der Waals surface area contributed by atoms with Crippen LogP contribution in [0.2, 0.25) is 0 Å². The lowest BCUT2D eigenvalue weighted by Gasteiger charge is -2.25. The summed E-state index contributed by atoms with van der Waals surface area (Å²) in [6.45, 7) is 1.03. The number of para-hydroxylation sites is 1. The van der Waals surface area contributed by atoms with Crippen LogP contribution < -0.4 is 9.64 Å². The number of nitrogens with zero attached hydrogens (tertiary/aromatic N) is 5. The quantitative estimate of drug-likeness (QED) is 0.229. The standard InChI is InChI=1S/C30H23F2N5O/c31-25-11-10-24(29(32)16-25)19-36(26-12-14-28(15-13-26)38-27-4-2-1-3-5-27)20-30-35-34-21-37(30)18-23-8-6-22(17-33)7-9-23/h1-16,21H,18-20H2. The molecule has 5 rings (SSSR count). The Bertz CT molecular complexity index is 1540. The van der Waals surface area contributed by atoms with Gasteiger partial charge < -0.3 is 14.2 Å². The van der Waals surface area contributed by atoms with Crippen molar-refractivity contribution in [2.45, 2.75) is 19.6 Å². The van der Waals surface area contributed by atoms with Crippen molar-refractivity contribution in [2.75, 3.05) is 4.90 Å². The van der Waals surface area contributed by atoms with Crippen molar-refractivity contribution in [1.82, 2.24) is 14.8 Å². The Morgan fingerprint density at radius 2 is 1.58 bits per heavy atom. The molecule has 0 spiro atoms. The summed E-state index contributed by atoms with van der Waals surface area (Å²) in [4.78, 5) is 1.95. The van der Waals surface area contributed by atoms with E-state index in [-0.39, 0.29) is 6.54 Å². The summed E-state index contributed by atoms with van der Waals surface area (Å²) >= 11 is 0. The van der Waals surface area contributed by atoms with Gasteiger partial charge in [-0.05, 0) is 60.2 Å². The highest BCUT2D eigenvalue weighted by Crippen LogP contribution is 2.27. The average molecular weight is 508 g/mol. The van der Waals surface area contributed by atoms with Crippen molar-refractivity contribution >= 4 is 5.69 Å². The molecule has 4 aromatic carbocycles. The van der Waals surface area contributed by atoms with Gasteiger partial charge in [0.1, 0.15) is 29.5 Å². The highest BCUT2D eigenvalue weighted by Gasteiger charge is 2.16. The van der Waals surface area contributed by atoms with Crippen LogP contribution in [0.25, 0.3) is 0 Å². The topological polar surface area (TPSA) is 67.0 Å². The van der Waals surface area contributed by atoms with Crippen LogP contribution in [0.1, 0.15) is 22.5 Å². The lowest BCUT2D eigenvalue weighted by atomic mass is 10.1. The molecule has 0 saturated heterocycles. The Morgan fingerprint density at radius 3 is 2.29 bits per heavy atom. The molecule has 1 aromatic heterocycles. The molecule has 0 amide bonds. The fourth-order valence-corrected chi connectivity index (χ4v) is 4.03. The third-order valence-electron chi connectivity index (χ3n) is 6.02. The highest BCUT2D eigenvalue weighted by molar-refractivity contribution is 5.50. The van der Waals surface area contributed by atoms with Gasteiger partial charge in [-0.2, -0.15) is 5.26 Å². The zero-order valence-electron chi connectivity index (χ0n) is 20.3. The molecule has 188 valence electrons. The van der Waals surface area contributed by atoms with Gasteiger partial charge in [0.25, 0.3) is 0 Å². The predicted octanol–water partition coefficient (Wildman–Crippen LogP) is 6.48. The summed E-state index contributed by atoms with van der Waals surface area (Å²) in [5.41, 5.74) is 2.74. The van der Waals surface area contributed by atoms with E-state index >= 15 is 0 Å². The van der Waals surface area contributed by atoms with Crippen molar-refractivity contribution in [3.05, 3.63) is 138 Å². The molecule has 6 nitrogen and oxygen atoms in total. The first-order chi connectivity index (χ1) is 18.6. The molecule has 38 heavy (non-hydrogen) atoms. The number of benzene rings is 4. The van der Waals surface area contributed by atoms with E-state index in [2.05, 4.69) is 16.3 Å². The van der Waals surface area contributed by atoms with E-state index in [1.54, 1.807) is 18.5 Å². The molecular formula is C30H23F2N5O. The van der Waals surface area contributed by atoms with Crippen molar-refractivity contribution in [2.24, 2.45) is 0 Å². The molecule has 0 aliphatic carbocycles. The van der Waals surface area contributed by atoms with Gasteiger partial charge >= 0.3 is 0 Å². The highest BCUT2D eigenvalue weighted by atomic mass is 19.1. The number of hydrogen-bond donors (Lipinski definition) is 0. The lowest BCUT2D eigenvalue weighted by molar-refractivity contribution is 0.482. The summed E-state index contributed by atoms with van der Waals surface area (Å²) in [6.07, 6.45) is 1.64. The third kappa shape index (κ3) is 6.02. The van der Waals surface area contributed by atoms with Gasteiger partial charge in [0.05, 0.1) is 24.7 Å².